The molecule has 0 radical (unpaired) electrons. The average molecular weight is 266 g/mol. The Morgan fingerprint density at radius 2 is 2.32 bits per heavy atom. The summed E-state index contributed by atoms with van der Waals surface area (Å²) in [5.74, 6) is 0. The zero-order valence-electron chi connectivity index (χ0n) is 11.8. The summed E-state index contributed by atoms with van der Waals surface area (Å²) >= 11 is 0. The van der Waals surface area contributed by atoms with Crippen molar-refractivity contribution in [3.8, 4) is 0 Å². The Balaban J connectivity index is 2.70. The van der Waals surface area contributed by atoms with E-state index in [9.17, 15) is 4.79 Å². The molecule has 0 aliphatic rings. The van der Waals surface area contributed by atoms with Crippen molar-refractivity contribution in [2.45, 2.75) is 26.3 Å². The van der Waals surface area contributed by atoms with Crippen LogP contribution in [0.15, 0.2) is 25.0 Å². The topological polar surface area (TPSA) is 70.4 Å². The molecule has 1 rings (SSSR count). The largest absolute Gasteiger partial charge is 0.395 e. The summed E-state index contributed by atoms with van der Waals surface area (Å²) < 4.78 is 1.78. The Morgan fingerprint density at radius 3 is 2.79 bits per heavy atom. The summed E-state index contributed by atoms with van der Waals surface area (Å²) in [4.78, 5) is 13.4. The van der Waals surface area contributed by atoms with Crippen LogP contribution in [0.1, 0.15) is 20.8 Å². The van der Waals surface area contributed by atoms with Crippen molar-refractivity contribution in [1.29, 1.82) is 0 Å². The summed E-state index contributed by atoms with van der Waals surface area (Å²) in [6, 6.07) is -0.276. The summed E-state index contributed by atoms with van der Waals surface area (Å²) in [5.41, 5.74) is 0.501. The monoisotopic (exact) mass is 266 g/mol. The molecule has 19 heavy (non-hydrogen) atoms. The van der Waals surface area contributed by atoms with E-state index in [4.69, 9.17) is 5.11 Å². The lowest BCUT2D eigenvalue weighted by Crippen LogP contribution is -2.37. The zero-order chi connectivity index (χ0) is 14.5. The van der Waals surface area contributed by atoms with Gasteiger partial charge in [-0.15, -0.1) is 6.58 Å². The van der Waals surface area contributed by atoms with Crippen LogP contribution in [-0.4, -0.2) is 45.5 Å². The third-order valence-corrected chi connectivity index (χ3v) is 2.53. The first-order chi connectivity index (χ1) is 8.88. The molecule has 6 nitrogen and oxygen atoms in total. The number of hydrogen-bond acceptors (Lipinski definition) is 3. The summed E-state index contributed by atoms with van der Waals surface area (Å²) in [5, 5.41) is 15.9. The maximum Gasteiger partial charge on any atom is 0.322 e. The predicted molar refractivity (Wildman–Crippen MR) is 75.1 cm³/mol. The van der Waals surface area contributed by atoms with Crippen LogP contribution in [0.4, 0.5) is 10.5 Å². The van der Waals surface area contributed by atoms with Crippen LogP contribution in [0.3, 0.4) is 0 Å². The molecule has 0 aromatic carbocycles. The van der Waals surface area contributed by atoms with Gasteiger partial charge in [0.1, 0.15) is 0 Å². The van der Waals surface area contributed by atoms with Gasteiger partial charge < -0.3 is 15.3 Å². The van der Waals surface area contributed by atoms with Gasteiger partial charge in [-0.2, -0.15) is 5.10 Å². The molecular formula is C13H22N4O2. The van der Waals surface area contributed by atoms with Crippen molar-refractivity contribution in [2.75, 3.05) is 25.0 Å². The molecule has 106 valence electrons. The minimum absolute atomic E-state index is 0.0808. The number of nitrogens with zero attached hydrogens (tertiary/aromatic N) is 3. The highest BCUT2D eigenvalue weighted by Crippen LogP contribution is 2.16. The Morgan fingerprint density at radius 1 is 1.63 bits per heavy atom. The van der Waals surface area contributed by atoms with E-state index in [1.807, 2.05) is 20.8 Å². The molecule has 0 fully saturated rings. The van der Waals surface area contributed by atoms with Crippen LogP contribution in [0.25, 0.3) is 0 Å². The Bertz CT molecular complexity index is 434. The molecule has 0 spiro atoms. The Labute approximate surface area is 113 Å². The van der Waals surface area contributed by atoms with Gasteiger partial charge >= 0.3 is 6.03 Å². The number of aliphatic hydroxyl groups excluding tert-OH is 1. The van der Waals surface area contributed by atoms with E-state index in [1.165, 1.54) is 4.90 Å². The summed E-state index contributed by atoms with van der Waals surface area (Å²) in [6.07, 6.45) is 5.00. The number of carbonyl (C=O) groups is 1. The highest BCUT2D eigenvalue weighted by atomic mass is 16.3. The van der Waals surface area contributed by atoms with Gasteiger partial charge in [0.05, 0.1) is 24.0 Å². The van der Waals surface area contributed by atoms with E-state index in [1.54, 1.807) is 23.2 Å². The minimum Gasteiger partial charge on any atom is -0.395 e. The second-order valence-electron chi connectivity index (χ2n) is 5.23. The third kappa shape index (κ3) is 4.40. The average Bonchev–Trinajstić information content (AvgIpc) is 2.77. The standard InChI is InChI=1S/C13H22N4O2/c1-5-6-16(7-8-18)12(19)15-11-9-14-17(10-11)13(2,3)4/h5,9-10,18H,1,6-8H2,2-4H3,(H,15,19). The van der Waals surface area contributed by atoms with Gasteiger partial charge in [0, 0.05) is 19.3 Å². The molecule has 2 amide bonds. The number of aromatic nitrogens is 2. The molecule has 0 saturated heterocycles. The van der Waals surface area contributed by atoms with Gasteiger partial charge in [-0.1, -0.05) is 6.08 Å². The van der Waals surface area contributed by atoms with Crippen molar-refractivity contribution >= 4 is 11.7 Å². The molecule has 1 aromatic rings. The van der Waals surface area contributed by atoms with Gasteiger partial charge in [-0.25, -0.2) is 4.79 Å². The van der Waals surface area contributed by atoms with Crippen molar-refractivity contribution in [2.24, 2.45) is 0 Å². The van der Waals surface area contributed by atoms with Gasteiger partial charge in [0.15, 0.2) is 0 Å². The number of amides is 2. The SMILES string of the molecule is C=CCN(CCO)C(=O)Nc1cnn(C(C)(C)C)c1. The molecule has 0 aliphatic carbocycles. The van der Waals surface area contributed by atoms with Crippen LogP contribution in [0.2, 0.25) is 0 Å². The highest BCUT2D eigenvalue weighted by molar-refractivity contribution is 5.89. The number of hydrogen-bond donors (Lipinski definition) is 2. The number of urea groups is 1. The minimum atomic E-state index is -0.276. The Kier molecular flexibility index (Phi) is 5.11. The van der Waals surface area contributed by atoms with Crippen molar-refractivity contribution in [3.63, 3.8) is 0 Å². The zero-order valence-corrected chi connectivity index (χ0v) is 11.8. The second kappa shape index (κ2) is 6.38. The quantitative estimate of drug-likeness (QED) is 0.796. The van der Waals surface area contributed by atoms with E-state index in [-0.39, 0.29) is 24.7 Å². The van der Waals surface area contributed by atoms with E-state index in [2.05, 4.69) is 17.0 Å². The predicted octanol–water partition coefficient (Wildman–Crippen LogP) is 1.65. The fourth-order valence-electron chi connectivity index (χ4n) is 1.51. The fraction of sp³-hybridized carbons (Fsp3) is 0.538. The molecule has 0 saturated carbocycles. The summed E-state index contributed by atoms with van der Waals surface area (Å²) in [6.45, 7) is 10.3. The Hall–Kier alpha value is -1.82. The van der Waals surface area contributed by atoms with Crippen LogP contribution >= 0.6 is 0 Å². The molecule has 1 heterocycles. The normalized spacial score (nSPS) is 11.2. The smallest absolute Gasteiger partial charge is 0.322 e. The van der Waals surface area contributed by atoms with Gasteiger partial charge in [0.2, 0.25) is 0 Å². The van der Waals surface area contributed by atoms with Crippen LogP contribution < -0.4 is 5.32 Å². The van der Waals surface area contributed by atoms with Crippen LogP contribution in [0, 0.1) is 0 Å². The lowest BCUT2D eigenvalue weighted by Gasteiger charge is -2.20. The maximum absolute atomic E-state index is 12.0. The number of rotatable bonds is 5. The van der Waals surface area contributed by atoms with Crippen molar-refractivity contribution in [3.05, 3.63) is 25.0 Å². The maximum atomic E-state index is 12.0. The first kappa shape index (κ1) is 15.2. The van der Waals surface area contributed by atoms with Crippen LogP contribution in [-0.2, 0) is 5.54 Å². The first-order valence-electron chi connectivity index (χ1n) is 6.21. The lowest BCUT2D eigenvalue weighted by molar-refractivity contribution is 0.195. The van der Waals surface area contributed by atoms with Crippen LogP contribution in [0.5, 0.6) is 0 Å². The first-order valence-corrected chi connectivity index (χ1v) is 6.21. The molecular weight excluding hydrogens is 244 g/mol. The van der Waals surface area contributed by atoms with E-state index < -0.39 is 0 Å². The fourth-order valence-corrected chi connectivity index (χ4v) is 1.51. The van der Waals surface area contributed by atoms with E-state index in [0.29, 0.717) is 12.2 Å². The number of carbonyl (C=O) groups excluding carboxylic acids is 1. The third-order valence-electron chi connectivity index (χ3n) is 2.53. The molecule has 0 atom stereocenters. The van der Waals surface area contributed by atoms with E-state index >= 15 is 0 Å². The molecule has 0 bridgehead atoms. The number of aliphatic hydroxyl groups is 1. The van der Waals surface area contributed by atoms with Gasteiger partial charge in [-0.05, 0) is 20.8 Å². The molecule has 0 aliphatic heterocycles. The van der Waals surface area contributed by atoms with Crippen molar-refractivity contribution in [1.82, 2.24) is 14.7 Å². The highest BCUT2D eigenvalue weighted by Gasteiger charge is 2.16. The van der Waals surface area contributed by atoms with Crippen molar-refractivity contribution < 1.29 is 9.90 Å². The second-order valence-corrected chi connectivity index (χ2v) is 5.23. The molecule has 1 aromatic heterocycles. The number of anilines is 1. The lowest BCUT2D eigenvalue weighted by atomic mass is 10.1. The molecule has 6 heteroatoms. The van der Waals surface area contributed by atoms with Gasteiger partial charge in [-0.3, -0.25) is 4.68 Å². The van der Waals surface area contributed by atoms with Gasteiger partial charge in [0.25, 0.3) is 0 Å². The molecule has 0 unspecified atom stereocenters. The van der Waals surface area contributed by atoms with E-state index in [0.717, 1.165) is 0 Å². The number of nitrogens with one attached hydrogen (secondary N) is 1. The summed E-state index contributed by atoms with van der Waals surface area (Å²) in [7, 11) is 0. The molecule has 2 N–H and O–H groups in total.